The van der Waals surface area contributed by atoms with Crippen LogP contribution in [0.2, 0.25) is 0 Å². The van der Waals surface area contributed by atoms with Crippen LogP contribution in [0.25, 0.3) is 0 Å². The van der Waals surface area contributed by atoms with Gasteiger partial charge in [-0.1, -0.05) is 32.6 Å². The van der Waals surface area contributed by atoms with E-state index >= 15 is 0 Å². The van der Waals surface area contributed by atoms with Crippen molar-refractivity contribution in [2.45, 2.75) is 76.8 Å². The number of amides is 3. The second-order valence-electron chi connectivity index (χ2n) is 7.03. The van der Waals surface area contributed by atoms with E-state index in [1.807, 2.05) is 6.92 Å². The lowest BCUT2D eigenvalue weighted by molar-refractivity contribution is -0.130. The van der Waals surface area contributed by atoms with E-state index in [0.717, 1.165) is 12.8 Å². The second kappa shape index (κ2) is 10.2. The number of carbonyl (C=O) groups is 2. The van der Waals surface area contributed by atoms with E-state index in [0.29, 0.717) is 37.9 Å². The summed E-state index contributed by atoms with van der Waals surface area (Å²) < 4.78 is 0. The van der Waals surface area contributed by atoms with Crippen molar-refractivity contribution in [1.29, 1.82) is 0 Å². The lowest BCUT2D eigenvalue weighted by atomic mass is 9.99. The van der Waals surface area contributed by atoms with Crippen molar-refractivity contribution in [3.8, 4) is 0 Å². The predicted octanol–water partition coefficient (Wildman–Crippen LogP) is 2.34. The minimum Gasteiger partial charge on any atom is -0.370 e. The molecule has 2 rings (SSSR count). The van der Waals surface area contributed by atoms with Gasteiger partial charge in [0.25, 0.3) is 5.91 Å². The van der Waals surface area contributed by atoms with Gasteiger partial charge in [0.05, 0.1) is 0 Å². The Morgan fingerprint density at radius 3 is 2.52 bits per heavy atom. The third-order valence-corrected chi connectivity index (χ3v) is 5.08. The summed E-state index contributed by atoms with van der Waals surface area (Å²) in [6.45, 7) is 4.54. The minimum atomic E-state index is -0.763. The lowest BCUT2D eigenvalue weighted by Gasteiger charge is -2.19. The number of hydrogen-bond acceptors (Lipinski definition) is 3. The Hall–Kier alpha value is -1.06. The average Bonchev–Trinajstić information content (AvgIpc) is 2.74. The normalized spacial score (nSPS) is 25.4. The van der Waals surface area contributed by atoms with Gasteiger partial charge in [-0.2, -0.15) is 0 Å². The van der Waals surface area contributed by atoms with Crippen LogP contribution in [0.15, 0.2) is 4.99 Å². The van der Waals surface area contributed by atoms with Crippen molar-refractivity contribution in [2.75, 3.05) is 13.1 Å². The van der Waals surface area contributed by atoms with Crippen LogP contribution in [0, 0.1) is 0 Å². The molecule has 0 aromatic rings. The topological polar surface area (TPSA) is 99.8 Å². The third kappa shape index (κ3) is 6.00. The van der Waals surface area contributed by atoms with Gasteiger partial charge >= 0.3 is 6.03 Å². The molecule has 1 unspecified atom stereocenters. The molecule has 1 saturated carbocycles. The van der Waals surface area contributed by atoms with Crippen molar-refractivity contribution in [2.24, 2.45) is 10.7 Å². The zero-order valence-corrected chi connectivity index (χ0v) is 17.7. The zero-order chi connectivity index (χ0) is 17.6. The molecule has 144 valence electrons. The first kappa shape index (κ1) is 22.0. The fourth-order valence-electron chi connectivity index (χ4n) is 3.30. The standard InChI is InChI=1S/C17H31N5O2.HI/c1-3-17(2)14(23)22(16(24)21-17)12-8-11-19-15(18)20-13-9-6-4-5-7-10-13;/h13H,3-12H2,1-2H3,(H,21,24)(H3,18,19,20);1H. The summed E-state index contributed by atoms with van der Waals surface area (Å²) in [7, 11) is 0. The van der Waals surface area contributed by atoms with E-state index in [1.165, 1.54) is 30.6 Å². The first-order valence-electron chi connectivity index (χ1n) is 9.17. The van der Waals surface area contributed by atoms with E-state index in [9.17, 15) is 9.59 Å². The summed E-state index contributed by atoms with van der Waals surface area (Å²) in [6, 6.07) is 0.116. The largest absolute Gasteiger partial charge is 0.370 e. The van der Waals surface area contributed by atoms with E-state index in [-0.39, 0.29) is 35.9 Å². The Kier molecular flexibility index (Phi) is 8.95. The van der Waals surface area contributed by atoms with Crippen LogP contribution in [-0.4, -0.2) is 47.5 Å². The van der Waals surface area contributed by atoms with Gasteiger partial charge in [-0.05, 0) is 32.6 Å². The number of hydrogen-bond donors (Lipinski definition) is 3. The second-order valence-corrected chi connectivity index (χ2v) is 7.03. The summed E-state index contributed by atoms with van der Waals surface area (Å²) in [5.41, 5.74) is 5.18. The van der Waals surface area contributed by atoms with Gasteiger partial charge in [0.15, 0.2) is 5.96 Å². The van der Waals surface area contributed by atoms with E-state index in [2.05, 4.69) is 15.6 Å². The molecule has 0 bridgehead atoms. The first-order valence-corrected chi connectivity index (χ1v) is 9.17. The van der Waals surface area contributed by atoms with Crippen LogP contribution >= 0.6 is 24.0 Å². The molecule has 7 nitrogen and oxygen atoms in total. The number of nitrogens with two attached hydrogens (primary N) is 1. The number of nitrogens with one attached hydrogen (secondary N) is 2. The molecule has 4 N–H and O–H groups in total. The van der Waals surface area contributed by atoms with Crippen LogP contribution in [0.4, 0.5) is 4.79 Å². The molecule has 2 fully saturated rings. The maximum Gasteiger partial charge on any atom is 0.325 e. The maximum absolute atomic E-state index is 12.3. The molecule has 1 heterocycles. The number of aliphatic imine (C=N–C) groups is 1. The van der Waals surface area contributed by atoms with Crippen LogP contribution < -0.4 is 16.4 Å². The van der Waals surface area contributed by atoms with Gasteiger partial charge in [0.2, 0.25) is 0 Å². The molecular weight excluding hydrogens is 433 g/mol. The van der Waals surface area contributed by atoms with E-state index < -0.39 is 5.54 Å². The fraction of sp³-hybridized carbons (Fsp3) is 0.824. The quantitative estimate of drug-likeness (QED) is 0.140. The highest BCUT2D eigenvalue weighted by Gasteiger charge is 2.45. The van der Waals surface area contributed by atoms with Gasteiger partial charge in [0.1, 0.15) is 5.54 Å². The van der Waals surface area contributed by atoms with Gasteiger partial charge in [-0.15, -0.1) is 24.0 Å². The van der Waals surface area contributed by atoms with Crippen LogP contribution in [-0.2, 0) is 4.79 Å². The number of imide groups is 1. The summed E-state index contributed by atoms with van der Waals surface area (Å²) in [5, 5.41) is 6.05. The summed E-state index contributed by atoms with van der Waals surface area (Å²) in [4.78, 5) is 29.8. The summed E-state index contributed by atoms with van der Waals surface area (Å²) >= 11 is 0. The van der Waals surface area contributed by atoms with Crippen molar-refractivity contribution in [3.63, 3.8) is 0 Å². The molecule has 1 atom stereocenters. The highest BCUT2D eigenvalue weighted by Crippen LogP contribution is 2.20. The van der Waals surface area contributed by atoms with Gasteiger partial charge in [-0.3, -0.25) is 14.7 Å². The summed E-state index contributed by atoms with van der Waals surface area (Å²) in [6.07, 6.45) is 8.59. The van der Waals surface area contributed by atoms with Crippen molar-refractivity contribution in [1.82, 2.24) is 15.5 Å². The average molecular weight is 465 g/mol. The van der Waals surface area contributed by atoms with Crippen LogP contribution in [0.1, 0.15) is 65.2 Å². The monoisotopic (exact) mass is 465 g/mol. The molecule has 1 aliphatic carbocycles. The highest BCUT2D eigenvalue weighted by molar-refractivity contribution is 14.0. The van der Waals surface area contributed by atoms with Gasteiger partial charge < -0.3 is 16.4 Å². The lowest BCUT2D eigenvalue weighted by Crippen LogP contribution is -2.43. The number of urea groups is 1. The molecule has 0 aromatic heterocycles. The van der Waals surface area contributed by atoms with E-state index in [1.54, 1.807) is 6.92 Å². The number of rotatable bonds is 6. The molecule has 0 aromatic carbocycles. The zero-order valence-electron chi connectivity index (χ0n) is 15.3. The fourth-order valence-corrected chi connectivity index (χ4v) is 3.30. The molecule has 2 aliphatic rings. The number of carbonyl (C=O) groups excluding carboxylic acids is 2. The number of halogens is 1. The SMILES string of the molecule is CCC1(C)NC(=O)N(CCCN=C(N)NC2CCCCCC2)C1=O.I. The maximum atomic E-state index is 12.3. The number of nitrogens with zero attached hydrogens (tertiary/aromatic N) is 2. The van der Waals surface area contributed by atoms with Gasteiger partial charge in [0, 0.05) is 19.1 Å². The molecule has 1 saturated heterocycles. The molecule has 0 spiro atoms. The van der Waals surface area contributed by atoms with Crippen molar-refractivity contribution >= 4 is 41.9 Å². The molecular formula is C17H32IN5O2. The van der Waals surface area contributed by atoms with Crippen molar-refractivity contribution in [3.05, 3.63) is 0 Å². The van der Waals surface area contributed by atoms with Crippen molar-refractivity contribution < 1.29 is 9.59 Å². The molecule has 8 heteroatoms. The highest BCUT2D eigenvalue weighted by atomic mass is 127. The van der Waals surface area contributed by atoms with Crippen LogP contribution in [0.3, 0.4) is 0 Å². The molecule has 1 aliphatic heterocycles. The van der Waals surface area contributed by atoms with Crippen LogP contribution in [0.5, 0.6) is 0 Å². The summed E-state index contributed by atoms with van der Waals surface area (Å²) in [5.74, 6) is 0.320. The Balaban J connectivity index is 0.00000312. The Bertz CT molecular complexity index is 491. The Morgan fingerprint density at radius 1 is 1.32 bits per heavy atom. The first-order chi connectivity index (χ1) is 11.5. The molecule has 3 amide bonds. The van der Waals surface area contributed by atoms with E-state index in [4.69, 9.17) is 5.73 Å². The third-order valence-electron chi connectivity index (χ3n) is 5.08. The molecule has 25 heavy (non-hydrogen) atoms. The Labute approximate surface area is 167 Å². The minimum absolute atomic E-state index is 0. The Morgan fingerprint density at radius 2 is 1.96 bits per heavy atom. The molecule has 0 radical (unpaired) electrons. The smallest absolute Gasteiger partial charge is 0.325 e. The van der Waals surface area contributed by atoms with Gasteiger partial charge in [-0.25, -0.2) is 4.79 Å². The predicted molar refractivity (Wildman–Crippen MR) is 110 cm³/mol. The number of guanidine groups is 1.